The maximum atomic E-state index is 14.3. The normalized spacial score (nSPS) is 24.3. The number of hydrogen-bond donors (Lipinski definition) is 7. The van der Waals surface area contributed by atoms with E-state index in [1.54, 1.807) is 48.5 Å². The Hall–Kier alpha value is -5.45. The van der Waals surface area contributed by atoms with Gasteiger partial charge in [0.1, 0.15) is 36.3 Å². The van der Waals surface area contributed by atoms with E-state index in [4.69, 9.17) is 5.73 Å². The molecule has 8 N–H and O–H groups in total. The molecule has 17 heteroatoms. The zero-order chi connectivity index (χ0) is 44.3. The number of primary amides is 1. The van der Waals surface area contributed by atoms with Gasteiger partial charge >= 0.3 is 0 Å². The Balaban J connectivity index is 1.68. The average Bonchev–Trinajstić information content (AvgIpc) is 3.59. The third kappa shape index (κ3) is 15.8. The molecule has 61 heavy (non-hydrogen) atoms. The Kier molecular flexibility index (Phi) is 19.5. The highest BCUT2D eigenvalue weighted by atomic mass is 32.2. The molecule has 0 aromatic heterocycles. The fraction of sp³-hybridized carbons (Fsp3) is 0.545. The van der Waals surface area contributed by atoms with Crippen LogP contribution in [0.25, 0.3) is 0 Å². The van der Waals surface area contributed by atoms with Crippen LogP contribution in [0.5, 0.6) is 0 Å². The lowest BCUT2D eigenvalue weighted by Gasteiger charge is -2.30. The van der Waals surface area contributed by atoms with Crippen molar-refractivity contribution in [2.75, 3.05) is 25.1 Å². The molecule has 8 amide bonds. The molecule has 2 bridgehead atoms. The lowest BCUT2D eigenvalue weighted by atomic mass is 10.0. The second-order valence-corrected chi connectivity index (χ2v) is 17.1. The summed E-state index contributed by atoms with van der Waals surface area (Å²) in [4.78, 5) is 110. The van der Waals surface area contributed by atoms with Crippen molar-refractivity contribution in [1.29, 1.82) is 0 Å². The lowest BCUT2D eigenvalue weighted by Crippen LogP contribution is -2.59. The fourth-order valence-corrected chi connectivity index (χ4v) is 7.89. The van der Waals surface area contributed by atoms with E-state index in [1.807, 2.05) is 32.2 Å². The summed E-state index contributed by atoms with van der Waals surface area (Å²) in [6, 6.07) is 11.6. The summed E-state index contributed by atoms with van der Waals surface area (Å²) in [5.41, 5.74) is 6.84. The van der Waals surface area contributed by atoms with Gasteiger partial charge in [-0.1, -0.05) is 80.9 Å². The van der Waals surface area contributed by atoms with Crippen molar-refractivity contribution < 1.29 is 38.4 Å². The molecule has 4 rings (SSSR count). The first-order valence-corrected chi connectivity index (χ1v) is 22.6. The van der Waals surface area contributed by atoms with E-state index in [0.29, 0.717) is 50.0 Å². The van der Waals surface area contributed by atoms with Gasteiger partial charge in [-0.05, 0) is 67.6 Å². The third-order valence-electron chi connectivity index (χ3n) is 10.7. The summed E-state index contributed by atoms with van der Waals surface area (Å²) >= 11 is 1.54. The topological polar surface area (TPSA) is 238 Å². The first-order chi connectivity index (χ1) is 29.2. The van der Waals surface area contributed by atoms with Crippen molar-refractivity contribution in [1.82, 2.24) is 36.8 Å². The highest BCUT2D eigenvalue weighted by molar-refractivity contribution is 7.98. The standard InChI is InChI=1S/C44H62N8O8S/c1-28(2)25-36-43(59)48-32(21-24-61-3)39(55)46-22-12-6-11-17-38(54)47-31(18-19-37(45)53)40(56)50-35(27-30-15-9-5-10-16-30)42(58)51-34(26-29-13-7-4-8-14-29)41(57)49-33-20-23-52(36)44(33)60/h4-5,7-10,13-16,28,31-36H,6,11-12,17-27H2,1-3H3,(H2,45,53)(H,46,55)(H,47,54)(H,48,59)(H,49,57)(H,50,56)(H,51,58)/t31-,32-,33+,34-,35-,36-/m0/s1. The van der Waals surface area contributed by atoms with Crippen molar-refractivity contribution in [3.05, 3.63) is 71.8 Å². The largest absolute Gasteiger partial charge is 0.370 e. The Labute approximate surface area is 362 Å². The van der Waals surface area contributed by atoms with E-state index in [-0.39, 0.29) is 56.9 Å². The maximum absolute atomic E-state index is 14.3. The van der Waals surface area contributed by atoms with Crippen LogP contribution in [-0.4, -0.2) is 114 Å². The van der Waals surface area contributed by atoms with Crippen LogP contribution in [0.1, 0.15) is 82.8 Å². The van der Waals surface area contributed by atoms with E-state index in [2.05, 4.69) is 31.9 Å². The quantitative estimate of drug-likeness (QED) is 0.162. The first kappa shape index (κ1) is 48.2. The number of rotatable bonds is 12. The van der Waals surface area contributed by atoms with Gasteiger partial charge in [0.15, 0.2) is 0 Å². The molecule has 2 aliphatic heterocycles. The van der Waals surface area contributed by atoms with Crippen molar-refractivity contribution >= 4 is 59.0 Å². The predicted octanol–water partition coefficient (Wildman–Crippen LogP) is 1.25. The van der Waals surface area contributed by atoms with Gasteiger partial charge in [0, 0.05) is 38.8 Å². The first-order valence-electron chi connectivity index (χ1n) is 21.2. The molecule has 16 nitrogen and oxygen atoms in total. The van der Waals surface area contributed by atoms with Crippen molar-refractivity contribution in [3.8, 4) is 0 Å². The lowest BCUT2D eigenvalue weighted by molar-refractivity contribution is -0.141. The van der Waals surface area contributed by atoms with Gasteiger partial charge < -0.3 is 42.5 Å². The second kappa shape index (κ2) is 24.7. The van der Waals surface area contributed by atoms with Gasteiger partial charge in [-0.2, -0.15) is 11.8 Å². The fourth-order valence-electron chi connectivity index (χ4n) is 7.42. The van der Waals surface area contributed by atoms with Crippen LogP contribution in [0.4, 0.5) is 0 Å². The van der Waals surface area contributed by atoms with Crippen LogP contribution in [0, 0.1) is 5.92 Å². The number of fused-ring (bicyclic) bond motifs is 2. The Bertz CT molecular complexity index is 1820. The van der Waals surface area contributed by atoms with Gasteiger partial charge in [0.05, 0.1) is 0 Å². The van der Waals surface area contributed by atoms with E-state index in [1.165, 1.54) is 16.7 Å². The Morgan fingerprint density at radius 1 is 0.705 bits per heavy atom. The molecule has 0 spiro atoms. The molecule has 2 aromatic rings. The molecule has 2 fully saturated rings. The summed E-state index contributed by atoms with van der Waals surface area (Å²) in [6.07, 6.45) is 4.15. The summed E-state index contributed by atoms with van der Waals surface area (Å²) in [5, 5.41) is 16.9. The number of thioether (sulfide) groups is 1. The molecule has 0 saturated carbocycles. The third-order valence-corrected chi connectivity index (χ3v) is 11.4. The number of nitrogens with zero attached hydrogens (tertiary/aromatic N) is 1. The molecular formula is C44H62N8O8S. The maximum Gasteiger partial charge on any atom is 0.245 e. The highest BCUT2D eigenvalue weighted by Crippen LogP contribution is 2.21. The Morgan fingerprint density at radius 2 is 1.26 bits per heavy atom. The van der Waals surface area contributed by atoms with Gasteiger partial charge in [-0.3, -0.25) is 38.4 Å². The molecule has 0 radical (unpaired) electrons. The minimum absolute atomic E-state index is 0.0157. The number of benzene rings is 2. The molecule has 332 valence electrons. The number of hydrogen-bond acceptors (Lipinski definition) is 9. The number of amides is 8. The van der Waals surface area contributed by atoms with E-state index >= 15 is 0 Å². The SMILES string of the molecule is CSCC[C@@H]1NC(=O)[C@H](CC(C)C)N2CC[C@@H](NC(=O)[C@H](Cc3ccccc3)NC(=O)[C@H](Cc3ccccc3)NC(=O)[C@H](CCC(N)=O)NC(=O)CCCCCNC1=O)C2=O. The molecule has 2 aliphatic rings. The monoisotopic (exact) mass is 862 g/mol. The molecule has 2 heterocycles. The minimum atomic E-state index is -1.22. The summed E-state index contributed by atoms with van der Waals surface area (Å²) in [6.45, 7) is 4.36. The molecule has 2 aromatic carbocycles. The summed E-state index contributed by atoms with van der Waals surface area (Å²) < 4.78 is 0. The smallest absolute Gasteiger partial charge is 0.245 e. The molecule has 2 saturated heterocycles. The summed E-state index contributed by atoms with van der Waals surface area (Å²) in [7, 11) is 0. The van der Waals surface area contributed by atoms with Crippen molar-refractivity contribution in [2.45, 2.75) is 121 Å². The van der Waals surface area contributed by atoms with Crippen LogP contribution in [-0.2, 0) is 51.2 Å². The van der Waals surface area contributed by atoms with Crippen LogP contribution in [0.3, 0.4) is 0 Å². The van der Waals surface area contributed by atoms with Crippen molar-refractivity contribution in [3.63, 3.8) is 0 Å². The van der Waals surface area contributed by atoms with E-state index in [0.717, 1.165) is 5.56 Å². The number of carbonyl (C=O) groups excluding carboxylic acids is 8. The highest BCUT2D eigenvalue weighted by Gasteiger charge is 2.41. The molecular weight excluding hydrogens is 801 g/mol. The zero-order valence-corrected chi connectivity index (χ0v) is 36.2. The van der Waals surface area contributed by atoms with Crippen LogP contribution in [0.15, 0.2) is 60.7 Å². The summed E-state index contributed by atoms with van der Waals surface area (Å²) in [5.74, 6) is -3.81. The van der Waals surface area contributed by atoms with Crippen LogP contribution in [0.2, 0.25) is 0 Å². The van der Waals surface area contributed by atoms with E-state index < -0.39 is 77.6 Å². The predicted molar refractivity (Wildman–Crippen MR) is 232 cm³/mol. The van der Waals surface area contributed by atoms with E-state index in [9.17, 15) is 38.4 Å². The Morgan fingerprint density at radius 3 is 1.84 bits per heavy atom. The number of nitrogens with two attached hydrogens (primary N) is 1. The van der Waals surface area contributed by atoms with Gasteiger partial charge in [0.2, 0.25) is 47.3 Å². The number of nitrogens with one attached hydrogen (secondary N) is 6. The molecule has 0 aliphatic carbocycles. The average molecular weight is 863 g/mol. The number of carbonyl (C=O) groups is 8. The van der Waals surface area contributed by atoms with Crippen molar-refractivity contribution in [2.24, 2.45) is 11.7 Å². The zero-order valence-electron chi connectivity index (χ0n) is 35.4. The van der Waals surface area contributed by atoms with Crippen LogP contribution < -0.4 is 37.6 Å². The minimum Gasteiger partial charge on any atom is -0.370 e. The molecule has 6 atom stereocenters. The van der Waals surface area contributed by atoms with Gasteiger partial charge in [0.25, 0.3) is 0 Å². The molecule has 0 unspecified atom stereocenters. The van der Waals surface area contributed by atoms with Gasteiger partial charge in [-0.25, -0.2) is 0 Å². The second-order valence-electron chi connectivity index (χ2n) is 16.1. The van der Waals surface area contributed by atoms with Gasteiger partial charge in [-0.15, -0.1) is 0 Å². The van der Waals surface area contributed by atoms with Crippen LogP contribution >= 0.6 is 11.8 Å².